The van der Waals surface area contributed by atoms with Gasteiger partial charge in [0.05, 0.1) is 5.41 Å². The summed E-state index contributed by atoms with van der Waals surface area (Å²) >= 11 is 0. The molecule has 0 saturated heterocycles. The van der Waals surface area contributed by atoms with Gasteiger partial charge in [-0.25, -0.2) is 4.39 Å². The first kappa shape index (κ1) is 17.4. The van der Waals surface area contributed by atoms with E-state index in [4.69, 9.17) is 0 Å². The van der Waals surface area contributed by atoms with Gasteiger partial charge in [0.1, 0.15) is 5.82 Å². The molecular formula is C20H29FN2O. The number of likely N-dealkylation sites (N-methyl/N-ethyl adjacent to an activating group) is 1. The quantitative estimate of drug-likeness (QED) is 0.893. The zero-order valence-corrected chi connectivity index (χ0v) is 14.9. The van der Waals surface area contributed by atoms with Crippen LogP contribution >= 0.6 is 0 Å². The highest BCUT2D eigenvalue weighted by Crippen LogP contribution is 2.42. The SMILES string of the molecule is CN(C)C1(CNC(=O)C2(c3ccc(F)cc3)CCCC2)CCCC1. The number of nitrogens with one attached hydrogen (secondary N) is 1. The van der Waals surface area contributed by atoms with Crippen molar-refractivity contribution in [2.45, 2.75) is 62.3 Å². The van der Waals surface area contributed by atoms with Crippen molar-refractivity contribution in [3.8, 4) is 0 Å². The first-order valence-electron chi connectivity index (χ1n) is 9.20. The number of amides is 1. The maximum atomic E-state index is 13.3. The molecule has 4 heteroatoms. The van der Waals surface area contributed by atoms with Crippen LogP contribution in [0.15, 0.2) is 24.3 Å². The van der Waals surface area contributed by atoms with Gasteiger partial charge in [-0.15, -0.1) is 0 Å². The van der Waals surface area contributed by atoms with Gasteiger partial charge in [-0.05, 0) is 57.5 Å². The van der Waals surface area contributed by atoms with Crippen molar-refractivity contribution >= 4 is 5.91 Å². The van der Waals surface area contributed by atoms with Gasteiger partial charge < -0.3 is 10.2 Å². The second kappa shape index (κ2) is 6.83. The molecule has 24 heavy (non-hydrogen) atoms. The van der Waals surface area contributed by atoms with E-state index in [9.17, 15) is 9.18 Å². The maximum absolute atomic E-state index is 13.3. The Hall–Kier alpha value is -1.42. The van der Waals surface area contributed by atoms with Crippen molar-refractivity contribution < 1.29 is 9.18 Å². The van der Waals surface area contributed by atoms with E-state index in [-0.39, 0.29) is 17.3 Å². The summed E-state index contributed by atoms with van der Waals surface area (Å²) in [4.78, 5) is 15.4. The molecule has 2 saturated carbocycles. The van der Waals surface area contributed by atoms with Crippen molar-refractivity contribution in [3.63, 3.8) is 0 Å². The molecule has 1 amide bonds. The fourth-order valence-electron chi connectivity index (χ4n) is 4.62. The molecule has 132 valence electrons. The molecule has 0 aromatic heterocycles. The molecule has 2 aliphatic rings. The molecule has 0 unspecified atom stereocenters. The van der Waals surface area contributed by atoms with Crippen molar-refractivity contribution in [1.29, 1.82) is 0 Å². The average molecular weight is 332 g/mol. The highest BCUT2D eigenvalue weighted by molar-refractivity contribution is 5.88. The van der Waals surface area contributed by atoms with E-state index >= 15 is 0 Å². The minimum absolute atomic E-state index is 0.0955. The van der Waals surface area contributed by atoms with Gasteiger partial charge in [0, 0.05) is 12.1 Å². The minimum Gasteiger partial charge on any atom is -0.353 e. The van der Waals surface area contributed by atoms with Crippen LogP contribution in [0.5, 0.6) is 0 Å². The summed E-state index contributed by atoms with van der Waals surface area (Å²) in [5.41, 5.74) is 0.585. The van der Waals surface area contributed by atoms with E-state index in [1.165, 1.54) is 25.0 Å². The smallest absolute Gasteiger partial charge is 0.230 e. The van der Waals surface area contributed by atoms with Crippen LogP contribution in [0.4, 0.5) is 4.39 Å². The highest BCUT2D eigenvalue weighted by atomic mass is 19.1. The second-order valence-corrected chi connectivity index (χ2v) is 7.80. The monoisotopic (exact) mass is 332 g/mol. The molecule has 0 heterocycles. The normalized spacial score (nSPS) is 22.0. The molecule has 0 spiro atoms. The lowest BCUT2D eigenvalue weighted by molar-refractivity contribution is -0.127. The Morgan fingerprint density at radius 3 is 2.12 bits per heavy atom. The van der Waals surface area contributed by atoms with Crippen LogP contribution in [0.2, 0.25) is 0 Å². The lowest BCUT2D eigenvalue weighted by atomic mass is 9.77. The summed E-state index contributed by atoms with van der Waals surface area (Å²) in [6.07, 6.45) is 8.59. The average Bonchev–Trinajstić information content (AvgIpc) is 3.24. The van der Waals surface area contributed by atoms with Gasteiger partial charge in [-0.2, -0.15) is 0 Å². The van der Waals surface area contributed by atoms with Gasteiger partial charge in [-0.3, -0.25) is 4.79 Å². The first-order chi connectivity index (χ1) is 11.5. The van der Waals surface area contributed by atoms with Crippen LogP contribution in [-0.4, -0.2) is 37.0 Å². The van der Waals surface area contributed by atoms with Crippen molar-refractivity contribution in [3.05, 3.63) is 35.6 Å². The standard InChI is InChI=1S/C20H29FN2O/c1-23(2)19(11-3-4-12-19)15-22-18(24)20(13-5-6-14-20)16-7-9-17(21)10-8-16/h7-10H,3-6,11-15H2,1-2H3,(H,22,24). The lowest BCUT2D eigenvalue weighted by Crippen LogP contribution is -2.54. The zero-order valence-electron chi connectivity index (χ0n) is 14.9. The van der Waals surface area contributed by atoms with Crippen molar-refractivity contribution in [2.75, 3.05) is 20.6 Å². The zero-order chi connectivity index (χ0) is 17.2. The topological polar surface area (TPSA) is 32.3 Å². The van der Waals surface area contributed by atoms with Crippen molar-refractivity contribution in [1.82, 2.24) is 10.2 Å². The van der Waals surface area contributed by atoms with Crippen molar-refractivity contribution in [2.24, 2.45) is 0 Å². The fourth-order valence-corrected chi connectivity index (χ4v) is 4.62. The van der Waals surface area contributed by atoms with E-state index in [2.05, 4.69) is 24.3 Å². The maximum Gasteiger partial charge on any atom is 0.230 e. The van der Waals surface area contributed by atoms with Crippen LogP contribution in [0, 0.1) is 5.82 Å². The molecule has 0 atom stereocenters. The largest absolute Gasteiger partial charge is 0.353 e. The molecule has 1 N–H and O–H groups in total. The Kier molecular flexibility index (Phi) is 4.95. The summed E-state index contributed by atoms with van der Waals surface area (Å²) in [5.74, 6) is -0.121. The summed E-state index contributed by atoms with van der Waals surface area (Å²) in [5, 5.41) is 3.27. The van der Waals surface area contributed by atoms with Gasteiger partial charge in [0.25, 0.3) is 0 Å². The van der Waals surface area contributed by atoms with Gasteiger partial charge in [0.2, 0.25) is 5.91 Å². The molecule has 0 radical (unpaired) electrons. The molecule has 1 aromatic rings. The van der Waals surface area contributed by atoms with Crippen LogP contribution in [-0.2, 0) is 10.2 Å². The molecular weight excluding hydrogens is 303 g/mol. The van der Waals surface area contributed by atoms with E-state index in [1.54, 1.807) is 12.1 Å². The third kappa shape index (κ3) is 3.08. The van der Waals surface area contributed by atoms with Gasteiger partial charge in [0.15, 0.2) is 0 Å². The highest BCUT2D eigenvalue weighted by Gasteiger charge is 2.44. The number of nitrogens with zero attached hydrogens (tertiary/aromatic N) is 1. The summed E-state index contributed by atoms with van der Waals surface area (Å²) < 4.78 is 13.3. The number of hydrogen-bond donors (Lipinski definition) is 1. The predicted molar refractivity (Wildman–Crippen MR) is 94.4 cm³/mol. The van der Waals surface area contributed by atoms with Crippen LogP contribution < -0.4 is 5.32 Å². The Labute approximate surface area is 144 Å². The molecule has 0 bridgehead atoms. The van der Waals surface area contributed by atoms with Crippen LogP contribution in [0.25, 0.3) is 0 Å². The van der Waals surface area contributed by atoms with E-state index in [1.807, 2.05) is 0 Å². The van der Waals surface area contributed by atoms with E-state index in [0.29, 0.717) is 6.54 Å². The number of halogens is 1. The third-order valence-corrected chi connectivity index (χ3v) is 6.35. The molecule has 2 fully saturated rings. The molecule has 3 rings (SSSR count). The Morgan fingerprint density at radius 2 is 1.58 bits per heavy atom. The Bertz CT molecular complexity index is 570. The predicted octanol–water partition coefficient (Wildman–Crippen LogP) is 3.63. The van der Waals surface area contributed by atoms with Crippen LogP contribution in [0.3, 0.4) is 0 Å². The Morgan fingerprint density at radius 1 is 1.04 bits per heavy atom. The summed E-state index contributed by atoms with van der Waals surface area (Å²) in [6, 6.07) is 6.52. The number of hydrogen-bond acceptors (Lipinski definition) is 2. The second-order valence-electron chi connectivity index (χ2n) is 7.80. The molecule has 1 aromatic carbocycles. The van der Waals surface area contributed by atoms with Gasteiger partial charge in [-0.1, -0.05) is 37.8 Å². The van der Waals surface area contributed by atoms with Crippen LogP contribution in [0.1, 0.15) is 56.9 Å². The number of rotatable bonds is 5. The number of benzene rings is 1. The van der Waals surface area contributed by atoms with E-state index in [0.717, 1.165) is 44.1 Å². The number of carbonyl (C=O) groups excluding carboxylic acids is 1. The first-order valence-corrected chi connectivity index (χ1v) is 9.20. The molecule has 0 aliphatic heterocycles. The minimum atomic E-state index is -0.472. The van der Waals surface area contributed by atoms with Gasteiger partial charge >= 0.3 is 0 Å². The third-order valence-electron chi connectivity index (χ3n) is 6.35. The van der Waals surface area contributed by atoms with E-state index < -0.39 is 5.41 Å². The Balaban J connectivity index is 1.77. The molecule has 3 nitrogen and oxygen atoms in total. The molecule has 2 aliphatic carbocycles. The fraction of sp³-hybridized carbons (Fsp3) is 0.650. The number of carbonyl (C=O) groups is 1. The summed E-state index contributed by atoms with van der Waals surface area (Å²) in [7, 11) is 4.23. The summed E-state index contributed by atoms with van der Waals surface area (Å²) in [6.45, 7) is 0.710. The lowest BCUT2D eigenvalue weighted by Gasteiger charge is -2.38.